The summed E-state index contributed by atoms with van der Waals surface area (Å²) in [5.74, 6) is -0.190. The topological polar surface area (TPSA) is 151 Å². The summed E-state index contributed by atoms with van der Waals surface area (Å²) in [6.45, 7) is 0.625. The highest BCUT2D eigenvalue weighted by Crippen LogP contribution is 2.22. The molecule has 3 rings (SSSR count). The number of benzene rings is 3. The van der Waals surface area contributed by atoms with Crippen molar-refractivity contribution in [2.75, 3.05) is 0 Å². The van der Waals surface area contributed by atoms with Crippen molar-refractivity contribution in [1.82, 2.24) is 0 Å². The SMILES string of the molecule is O=[N+]([O-])c1ccc(O)c(C=NCc2ccc(CN=Cc3cc([N+](=O)[O-])ccc3O)cc2)c1. The van der Waals surface area contributed by atoms with Gasteiger partial charge in [-0.15, -0.1) is 0 Å². The third kappa shape index (κ3) is 5.72. The standard InChI is InChI=1S/C22H18N4O6/c27-21-7-5-19(25(29)30)9-17(21)13-23-11-15-1-2-16(4-3-15)12-24-14-18-10-20(26(31)32)6-8-22(18)28/h1-10,13-14,27-28H,11-12H2. The van der Waals surface area contributed by atoms with Gasteiger partial charge in [-0.3, -0.25) is 30.2 Å². The first-order valence-corrected chi connectivity index (χ1v) is 9.36. The van der Waals surface area contributed by atoms with Crippen molar-refractivity contribution in [3.8, 4) is 11.5 Å². The van der Waals surface area contributed by atoms with E-state index >= 15 is 0 Å². The molecule has 0 unspecified atom stereocenters. The molecule has 162 valence electrons. The van der Waals surface area contributed by atoms with Crippen molar-refractivity contribution in [2.24, 2.45) is 9.98 Å². The van der Waals surface area contributed by atoms with E-state index < -0.39 is 9.85 Å². The van der Waals surface area contributed by atoms with E-state index in [2.05, 4.69) is 9.98 Å². The largest absolute Gasteiger partial charge is 0.507 e. The second-order valence-electron chi connectivity index (χ2n) is 6.76. The third-order valence-electron chi connectivity index (χ3n) is 4.48. The van der Waals surface area contributed by atoms with Gasteiger partial charge in [0.1, 0.15) is 11.5 Å². The van der Waals surface area contributed by atoms with E-state index in [9.17, 15) is 30.4 Å². The van der Waals surface area contributed by atoms with Crippen molar-refractivity contribution < 1.29 is 20.1 Å². The Kier molecular flexibility index (Phi) is 6.86. The first kappa shape index (κ1) is 22.1. The molecule has 10 nitrogen and oxygen atoms in total. The summed E-state index contributed by atoms with van der Waals surface area (Å²) < 4.78 is 0. The Morgan fingerprint density at radius 2 is 1.06 bits per heavy atom. The highest BCUT2D eigenvalue weighted by Gasteiger charge is 2.09. The number of nitro benzene ring substituents is 2. The quantitative estimate of drug-likeness (QED) is 0.309. The Hall–Kier alpha value is -4.60. The van der Waals surface area contributed by atoms with Crippen LogP contribution in [0.15, 0.2) is 70.6 Å². The molecular formula is C22H18N4O6. The van der Waals surface area contributed by atoms with Gasteiger partial charge in [-0.1, -0.05) is 24.3 Å². The molecule has 0 saturated carbocycles. The minimum Gasteiger partial charge on any atom is -0.507 e. The molecule has 0 aliphatic heterocycles. The molecule has 0 radical (unpaired) electrons. The van der Waals surface area contributed by atoms with E-state index in [1.54, 1.807) is 0 Å². The van der Waals surface area contributed by atoms with Crippen LogP contribution < -0.4 is 0 Å². The van der Waals surface area contributed by atoms with E-state index in [0.717, 1.165) is 11.1 Å². The van der Waals surface area contributed by atoms with Gasteiger partial charge in [-0.05, 0) is 23.3 Å². The Labute approximate surface area is 182 Å². The Morgan fingerprint density at radius 1 is 0.688 bits per heavy atom. The minimum absolute atomic E-state index is 0.0951. The van der Waals surface area contributed by atoms with E-state index in [1.807, 2.05) is 24.3 Å². The number of hydrogen-bond donors (Lipinski definition) is 2. The summed E-state index contributed by atoms with van der Waals surface area (Å²) in [4.78, 5) is 29.0. The molecule has 2 N–H and O–H groups in total. The molecule has 3 aromatic carbocycles. The maximum absolute atomic E-state index is 10.8. The Bertz CT molecular complexity index is 1110. The number of nitrogens with zero attached hydrogens (tertiary/aromatic N) is 4. The fourth-order valence-electron chi connectivity index (χ4n) is 2.77. The zero-order valence-electron chi connectivity index (χ0n) is 16.7. The van der Waals surface area contributed by atoms with Gasteiger partial charge >= 0.3 is 0 Å². The molecule has 0 bridgehead atoms. The normalized spacial score (nSPS) is 11.2. The third-order valence-corrected chi connectivity index (χ3v) is 4.48. The molecule has 0 aliphatic carbocycles. The number of hydrogen-bond acceptors (Lipinski definition) is 8. The number of aromatic hydroxyl groups is 2. The predicted molar refractivity (Wildman–Crippen MR) is 119 cm³/mol. The molecule has 0 atom stereocenters. The minimum atomic E-state index is -0.543. The van der Waals surface area contributed by atoms with Crippen LogP contribution in [0.2, 0.25) is 0 Å². The molecule has 32 heavy (non-hydrogen) atoms. The molecule has 0 saturated heterocycles. The van der Waals surface area contributed by atoms with Crippen LogP contribution in [0.25, 0.3) is 0 Å². The van der Waals surface area contributed by atoms with Crippen LogP contribution in [-0.2, 0) is 13.1 Å². The number of phenolic OH excluding ortho intramolecular Hbond substituents is 2. The van der Waals surface area contributed by atoms with E-state index in [4.69, 9.17) is 0 Å². The van der Waals surface area contributed by atoms with Gasteiger partial charge in [-0.2, -0.15) is 0 Å². The molecule has 10 heteroatoms. The predicted octanol–water partition coefficient (Wildman–Crippen LogP) is 4.15. The second kappa shape index (κ2) is 9.94. The fraction of sp³-hybridized carbons (Fsp3) is 0.0909. The van der Waals surface area contributed by atoms with Gasteiger partial charge in [0.2, 0.25) is 0 Å². The average molecular weight is 434 g/mol. The molecule has 0 fully saturated rings. The van der Waals surface area contributed by atoms with Crippen LogP contribution in [0, 0.1) is 20.2 Å². The van der Waals surface area contributed by atoms with E-state index in [0.29, 0.717) is 13.1 Å². The van der Waals surface area contributed by atoms with Crippen molar-refractivity contribution in [1.29, 1.82) is 0 Å². The van der Waals surface area contributed by atoms with Crippen LogP contribution in [0.3, 0.4) is 0 Å². The zero-order chi connectivity index (χ0) is 23.1. The first-order valence-electron chi connectivity index (χ1n) is 9.36. The van der Waals surface area contributed by atoms with Crippen LogP contribution in [0.5, 0.6) is 11.5 Å². The molecule has 0 heterocycles. The molecule has 0 aromatic heterocycles. The number of phenols is 2. The number of aliphatic imine (C=N–C) groups is 2. The summed E-state index contributed by atoms with van der Waals surface area (Å²) in [7, 11) is 0. The van der Waals surface area contributed by atoms with Crippen molar-refractivity contribution >= 4 is 23.8 Å². The van der Waals surface area contributed by atoms with Gasteiger partial charge in [0, 0.05) is 47.8 Å². The van der Waals surface area contributed by atoms with Crippen LogP contribution >= 0.6 is 0 Å². The number of non-ortho nitro benzene ring substituents is 2. The highest BCUT2D eigenvalue weighted by molar-refractivity contribution is 5.85. The lowest BCUT2D eigenvalue weighted by Gasteiger charge is -2.02. The molecule has 0 amide bonds. The van der Waals surface area contributed by atoms with Crippen molar-refractivity contribution in [2.45, 2.75) is 13.1 Å². The zero-order valence-corrected chi connectivity index (χ0v) is 16.7. The number of nitro groups is 2. The van der Waals surface area contributed by atoms with E-state index in [1.165, 1.54) is 48.8 Å². The highest BCUT2D eigenvalue weighted by atomic mass is 16.6. The maximum Gasteiger partial charge on any atom is 0.270 e. The molecule has 3 aromatic rings. The van der Waals surface area contributed by atoms with Crippen LogP contribution in [0.1, 0.15) is 22.3 Å². The Balaban J connectivity index is 1.60. The summed E-state index contributed by atoms with van der Waals surface area (Å²) in [5, 5.41) is 41.3. The molecule has 0 spiro atoms. The van der Waals surface area contributed by atoms with Crippen molar-refractivity contribution in [3.05, 3.63) is 103 Å². The summed E-state index contributed by atoms with van der Waals surface area (Å²) in [6.07, 6.45) is 2.76. The van der Waals surface area contributed by atoms with Crippen LogP contribution in [0.4, 0.5) is 11.4 Å². The summed E-state index contributed by atoms with van der Waals surface area (Å²) in [6, 6.07) is 14.8. The number of rotatable bonds is 8. The maximum atomic E-state index is 10.8. The molecular weight excluding hydrogens is 416 g/mol. The van der Waals surface area contributed by atoms with Gasteiger partial charge < -0.3 is 10.2 Å². The lowest BCUT2D eigenvalue weighted by molar-refractivity contribution is -0.385. The summed E-state index contributed by atoms with van der Waals surface area (Å²) >= 11 is 0. The fourth-order valence-corrected chi connectivity index (χ4v) is 2.77. The first-order chi connectivity index (χ1) is 15.3. The lowest BCUT2D eigenvalue weighted by atomic mass is 10.1. The lowest BCUT2D eigenvalue weighted by Crippen LogP contribution is -1.92. The average Bonchev–Trinajstić information content (AvgIpc) is 2.77. The second-order valence-corrected chi connectivity index (χ2v) is 6.76. The molecule has 0 aliphatic rings. The summed E-state index contributed by atoms with van der Waals surface area (Å²) in [5.41, 5.74) is 2.02. The Morgan fingerprint density at radius 3 is 1.41 bits per heavy atom. The van der Waals surface area contributed by atoms with Crippen molar-refractivity contribution in [3.63, 3.8) is 0 Å². The monoisotopic (exact) mass is 434 g/mol. The van der Waals surface area contributed by atoms with Gasteiger partial charge in [0.15, 0.2) is 0 Å². The van der Waals surface area contributed by atoms with Crippen LogP contribution in [-0.4, -0.2) is 32.5 Å². The smallest absolute Gasteiger partial charge is 0.270 e. The van der Waals surface area contributed by atoms with Gasteiger partial charge in [-0.25, -0.2) is 0 Å². The van der Waals surface area contributed by atoms with E-state index in [-0.39, 0.29) is 34.0 Å². The van der Waals surface area contributed by atoms with Gasteiger partial charge in [0.25, 0.3) is 11.4 Å². The van der Waals surface area contributed by atoms with Gasteiger partial charge in [0.05, 0.1) is 22.9 Å².